The van der Waals surface area contributed by atoms with Crippen LogP contribution in [0.1, 0.15) is 46.0 Å². The molecular formula is C11H24OSi. The molecule has 0 unspecified atom stereocenters. The second-order valence-corrected chi connectivity index (χ2v) is 8.66. The van der Waals surface area contributed by atoms with Gasteiger partial charge in [0.15, 0.2) is 8.32 Å². The molecule has 13 heavy (non-hydrogen) atoms. The van der Waals surface area contributed by atoms with Gasteiger partial charge in [-0.25, -0.2) is 0 Å². The zero-order valence-corrected chi connectivity index (χ0v) is 10.3. The minimum Gasteiger partial charge on any atom is -0.417 e. The van der Waals surface area contributed by atoms with E-state index in [-0.39, 0.29) is 0 Å². The molecule has 78 valence electrons. The highest BCUT2D eigenvalue weighted by Crippen LogP contribution is 2.34. The minimum atomic E-state index is -1.16. The van der Waals surface area contributed by atoms with Crippen molar-refractivity contribution in [3.05, 3.63) is 0 Å². The average Bonchev–Trinajstić information content (AvgIpc) is 2.62. The van der Waals surface area contributed by atoms with Gasteiger partial charge >= 0.3 is 0 Å². The molecule has 0 N–H and O–H groups in total. The van der Waals surface area contributed by atoms with Gasteiger partial charge in [0.2, 0.25) is 0 Å². The van der Waals surface area contributed by atoms with Crippen LogP contribution in [0.2, 0.25) is 18.1 Å². The monoisotopic (exact) mass is 200 g/mol. The first-order chi connectivity index (χ1) is 6.33. The van der Waals surface area contributed by atoms with Gasteiger partial charge in [0.05, 0.1) is 0 Å². The molecular weight excluding hydrogens is 176 g/mol. The summed E-state index contributed by atoms with van der Waals surface area (Å²) in [5.41, 5.74) is 0. The topological polar surface area (TPSA) is 9.23 Å². The zero-order chi connectivity index (χ0) is 9.57. The number of hydrogen-bond acceptors (Lipinski definition) is 1. The summed E-state index contributed by atoms with van der Waals surface area (Å²) in [5, 5.41) is 0. The standard InChI is InChI=1S/C11H24OSi/c1-3-5-6-9-12-13(4-2)10-7-8-11-13/h3-11H2,1-2H3. The Hall–Kier alpha value is 0.177. The maximum absolute atomic E-state index is 6.18. The van der Waals surface area contributed by atoms with Crippen molar-refractivity contribution in [2.75, 3.05) is 6.61 Å². The van der Waals surface area contributed by atoms with Crippen molar-refractivity contribution in [1.82, 2.24) is 0 Å². The summed E-state index contributed by atoms with van der Waals surface area (Å²) in [6, 6.07) is 4.23. The van der Waals surface area contributed by atoms with Crippen LogP contribution in [0.5, 0.6) is 0 Å². The Morgan fingerprint density at radius 3 is 2.31 bits per heavy atom. The van der Waals surface area contributed by atoms with Crippen LogP contribution < -0.4 is 0 Å². The van der Waals surface area contributed by atoms with Gasteiger partial charge in [-0.05, 0) is 24.6 Å². The third kappa shape index (κ3) is 3.43. The van der Waals surface area contributed by atoms with Gasteiger partial charge < -0.3 is 4.43 Å². The molecule has 0 bridgehead atoms. The van der Waals surface area contributed by atoms with E-state index in [1.54, 1.807) is 0 Å². The Kier molecular flexibility index (Phi) is 5.03. The average molecular weight is 200 g/mol. The van der Waals surface area contributed by atoms with Gasteiger partial charge in [0.1, 0.15) is 0 Å². The molecule has 0 spiro atoms. The molecule has 0 amide bonds. The summed E-state index contributed by atoms with van der Waals surface area (Å²) in [5.74, 6) is 0. The molecule has 0 aromatic heterocycles. The largest absolute Gasteiger partial charge is 0.417 e. The van der Waals surface area contributed by atoms with Gasteiger partial charge in [-0.2, -0.15) is 0 Å². The van der Waals surface area contributed by atoms with Gasteiger partial charge in [0, 0.05) is 6.61 Å². The van der Waals surface area contributed by atoms with E-state index in [0.717, 1.165) is 6.61 Å². The third-order valence-corrected chi connectivity index (χ3v) is 7.95. The van der Waals surface area contributed by atoms with E-state index in [0.29, 0.717) is 0 Å². The number of hydrogen-bond donors (Lipinski definition) is 0. The van der Waals surface area contributed by atoms with E-state index in [9.17, 15) is 0 Å². The molecule has 1 aliphatic rings. The van der Waals surface area contributed by atoms with Crippen molar-refractivity contribution >= 4 is 8.32 Å². The molecule has 0 saturated carbocycles. The molecule has 0 atom stereocenters. The lowest BCUT2D eigenvalue weighted by atomic mass is 10.3. The van der Waals surface area contributed by atoms with Crippen LogP contribution in [0.3, 0.4) is 0 Å². The van der Waals surface area contributed by atoms with Crippen LogP contribution in [0.25, 0.3) is 0 Å². The fraction of sp³-hybridized carbons (Fsp3) is 1.00. The quantitative estimate of drug-likeness (QED) is 0.466. The summed E-state index contributed by atoms with van der Waals surface area (Å²) in [7, 11) is -1.16. The minimum absolute atomic E-state index is 1.05. The second-order valence-electron chi connectivity index (χ2n) is 4.30. The molecule has 0 aliphatic carbocycles. The molecule has 1 fully saturated rings. The summed E-state index contributed by atoms with van der Waals surface area (Å²) in [6.07, 6.45) is 6.81. The van der Waals surface area contributed by atoms with E-state index in [1.165, 1.54) is 50.2 Å². The Balaban J connectivity index is 2.16. The van der Waals surface area contributed by atoms with E-state index in [2.05, 4.69) is 13.8 Å². The van der Waals surface area contributed by atoms with E-state index in [1.807, 2.05) is 0 Å². The van der Waals surface area contributed by atoms with Crippen molar-refractivity contribution in [3.63, 3.8) is 0 Å². The maximum atomic E-state index is 6.18. The molecule has 2 heteroatoms. The first kappa shape index (κ1) is 11.3. The number of unbranched alkanes of at least 4 members (excludes halogenated alkanes) is 2. The highest BCUT2D eigenvalue weighted by molar-refractivity contribution is 6.74. The molecule has 1 heterocycles. The van der Waals surface area contributed by atoms with E-state index >= 15 is 0 Å². The van der Waals surface area contributed by atoms with Crippen molar-refractivity contribution in [2.45, 2.75) is 64.1 Å². The summed E-state index contributed by atoms with van der Waals surface area (Å²) in [4.78, 5) is 0. The third-order valence-electron chi connectivity index (χ3n) is 3.32. The van der Waals surface area contributed by atoms with Crippen molar-refractivity contribution in [3.8, 4) is 0 Å². The summed E-state index contributed by atoms with van der Waals surface area (Å²) < 4.78 is 6.18. The molecule has 0 radical (unpaired) electrons. The van der Waals surface area contributed by atoms with Crippen LogP contribution in [0, 0.1) is 0 Å². The van der Waals surface area contributed by atoms with Crippen LogP contribution >= 0.6 is 0 Å². The van der Waals surface area contributed by atoms with Crippen molar-refractivity contribution < 1.29 is 4.43 Å². The van der Waals surface area contributed by atoms with Crippen molar-refractivity contribution in [1.29, 1.82) is 0 Å². The Morgan fingerprint density at radius 2 is 1.77 bits per heavy atom. The molecule has 1 nitrogen and oxygen atoms in total. The molecule has 1 rings (SSSR count). The van der Waals surface area contributed by atoms with Crippen LogP contribution in [-0.4, -0.2) is 14.9 Å². The smallest absolute Gasteiger partial charge is 0.192 e. The Morgan fingerprint density at radius 1 is 1.08 bits per heavy atom. The highest BCUT2D eigenvalue weighted by atomic mass is 28.4. The molecule has 0 aromatic carbocycles. The lowest BCUT2D eigenvalue weighted by molar-refractivity contribution is 0.292. The molecule has 1 aliphatic heterocycles. The zero-order valence-electron chi connectivity index (χ0n) is 9.27. The van der Waals surface area contributed by atoms with Crippen LogP contribution in [-0.2, 0) is 4.43 Å². The summed E-state index contributed by atoms with van der Waals surface area (Å²) in [6.45, 7) is 5.63. The predicted molar refractivity (Wildman–Crippen MR) is 60.6 cm³/mol. The predicted octanol–water partition coefficient (Wildman–Crippen LogP) is 3.95. The fourth-order valence-electron chi connectivity index (χ4n) is 2.26. The first-order valence-electron chi connectivity index (χ1n) is 5.97. The highest BCUT2D eigenvalue weighted by Gasteiger charge is 2.35. The van der Waals surface area contributed by atoms with Crippen LogP contribution in [0.4, 0.5) is 0 Å². The fourth-order valence-corrected chi connectivity index (χ4v) is 6.08. The Labute approximate surface area is 84.0 Å². The molecule has 0 aromatic rings. The SMILES string of the molecule is CCCCCO[Si]1(CC)CCCC1. The van der Waals surface area contributed by atoms with Gasteiger partial charge in [-0.1, -0.05) is 39.5 Å². The molecule has 1 saturated heterocycles. The lowest BCUT2D eigenvalue weighted by Crippen LogP contribution is -2.33. The van der Waals surface area contributed by atoms with E-state index in [4.69, 9.17) is 4.43 Å². The second kappa shape index (κ2) is 5.81. The van der Waals surface area contributed by atoms with Crippen molar-refractivity contribution in [2.24, 2.45) is 0 Å². The summed E-state index contributed by atoms with van der Waals surface area (Å²) >= 11 is 0. The maximum Gasteiger partial charge on any atom is 0.192 e. The van der Waals surface area contributed by atoms with Gasteiger partial charge in [-0.15, -0.1) is 0 Å². The van der Waals surface area contributed by atoms with Gasteiger partial charge in [0.25, 0.3) is 0 Å². The van der Waals surface area contributed by atoms with E-state index < -0.39 is 8.32 Å². The van der Waals surface area contributed by atoms with Gasteiger partial charge in [-0.3, -0.25) is 0 Å². The number of rotatable bonds is 6. The Bertz CT molecular complexity index is 130. The normalized spacial score (nSPS) is 20.8. The lowest BCUT2D eigenvalue weighted by Gasteiger charge is -2.25. The van der Waals surface area contributed by atoms with Crippen LogP contribution in [0.15, 0.2) is 0 Å². The first-order valence-corrected chi connectivity index (χ1v) is 8.50.